The van der Waals surface area contributed by atoms with Crippen LogP contribution < -0.4 is 0 Å². The molecule has 3 nitrogen and oxygen atoms in total. The second kappa shape index (κ2) is 4.89. The molecule has 0 aliphatic rings. The Kier molecular flexibility index (Phi) is 4.51. The summed E-state index contributed by atoms with van der Waals surface area (Å²) in [5.74, 6) is -6.21. The number of rotatable bonds is 4. The molecule has 0 rings (SSSR count). The molecule has 0 bridgehead atoms. The molecule has 5 heteroatoms. The summed E-state index contributed by atoms with van der Waals surface area (Å²) in [4.78, 5) is 21.2. The van der Waals surface area contributed by atoms with Crippen LogP contribution in [0.25, 0.3) is 0 Å². The summed E-state index contributed by atoms with van der Waals surface area (Å²) in [6.07, 6.45) is -0.222. The molecule has 0 N–H and O–H groups in total. The van der Waals surface area contributed by atoms with E-state index in [9.17, 15) is 18.4 Å². The SMILES string of the molecule is CCCC(=O)OC(=O)C(F)(F)CC. The van der Waals surface area contributed by atoms with Crippen LogP contribution in [0.2, 0.25) is 0 Å². The van der Waals surface area contributed by atoms with E-state index in [1.807, 2.05) is 0 Å². The van der Waals surface area contributed by atoms with Crippen molar-refractivity contribution < 1.29 is 23.1 Å². The van der Waals surface area contributed by atoms with E-state index in [2.05, 4.69) is 4.74 Å². The average Bonchev–Trinajstić information content (AvgIpc) is 2.04. The third kappa shape index (κ3) is 3.96. The summed E-state index contributed by atoms with van der Waals surface area (Å²) in [6, 6.07) is 0. The molecule has 0 aliphatic heterocycles. The maximum absolute atomic E-state index is 12.5. The fourth-order valence-electron chi connectivity index (χ4n) is 0.578. The quantitative estimate of drug-likeness (QED) is 0.507. The van der Waals surface area contributed by atoms with Crippen LogP contribution in [0.4, 0.5) is 8.78 Å². The lowest BCUT2D eigenvalue weighted by molar-refractivity contribution is -0.179. The number of carbonyl (C=O) groups is 2. The highest BCUT2D eigenvalue weighted by molar-refractivity contribution is 5.89. The zero-order chi connectivity index (χ0) is 10.5. The normalized spacial score (nSPS) is 11.1. The van der Waals surface area contributed by atoms with E-state index in [1.165, 1.54) is 0 Å². The molecule has 0 saturated carbocycles. The fraction of sp³-hybridized carbons (Fsp3) is 0.750. The Labute approximate surface area is 75.1 Å². The van der Waals surface area contributed by atoms with E-state index < -0.39 is 24.3 Å². The van der Waals surface area contributed by atoms with Crippen molar-refractivity contribution in [3.63, 3.8) is 0 Å². The topological polar surface area (TPSA) is 43.4 Å². The molecular weight excluding hydrogens is 182 g/mol. The lowest BCUT2D eigenvalue weighted by Gasteiger charge is -2.10. The average molecular weight is 194 g/mol. The second-order valence-corrected chi connectivity index (χ2v) is 2.57. The first-order chi connectivity index (χ1) is 5.94. The minimum absolute atomic E-state index is 0.0223. The van der Waals surface area contributed by atoms with E-state index in [1.54, 1.807) is 6.92 Å². The number of alkyl halides is 2. The van der Waals surface area contributed by atoms with Gasteiger partial charge in [0.15, 0.2) is 0 Å². The van der Waals surface area contributed by atoms with Crippen molar-refractivity contribution in [2.24, 2.45) is 0 Å². The van der Waals surface area contributed by atoms with Gasteiger partial charge in [-0.15, -0.1) is 0 Å². The third-order valence-electron chi connectivity index (χ3n) is 1.40. The minimum atomic E-state index is -3.55. The number of hydrogen-bond donors (Lipinski definition) is 0. The summed E-state index contributed by atoms with van der Waals surface area (Å²) in [5.41, 5.74) is 0. The van der Waals surface area contributed by atoms with Gasteiger partial charge in [-0.05, 0) is 6.42 Å². The van der Waals surface area contributed by atoms with Gasteiger partial charge in [-0.3, -0.25) is 4.79 Å². The molecule has 0 fully saturated rings. The van der Waals surface area contributed by atoms with Gasteiger partial charge in [0.25, 0.3) is 0 Å². The predicted octanol–water partition coefficient (Wildman–Crippen LogP) is 1.90. The van der Waals surface area contributed by atoms with Crippen molar-refractivity contribution >= 4 is 11.9 Å². The Balaban J connectivity index is 4.07. The molecule has 0 amide bonds. The highest BCUT2D eigenvalue weighted by atomic mass is 19.3. The van der Waals surface area contributed by atoms with E-state index >= 15 is 0 Å². The van der Waals surface area contributed by atoms with Crippen LogP contribution >= 0.6 is 0 Å². The molecule has 0 aromatic rings. The molecule has 0 aromatic carbocycles. The molecule has 0 aliphatic carbocycles. The van der Waals surface area contributed by atoms with Crippen LogP contribution in [0, 0.1) is 0 Å². The molecule has 13 heavy (non-hydrogen) atoms. The zero-order valence-electron chi connectivity index (χ0n) is 7.60. The van der Waals surface area contributed by atoms with Crippen LogP contribution in [-0.4, -0.2) is 17.9 Å². The van der Waals surface area contributed by atoms with Crippen LogP contribution in [0.3, 0.4) is 0 Å². The minimum Gasteiger partial charge on any atom is -0.389 e. The van der Waals surface area contributed by atoms with Gasteiger partial charge in [-0.2, -0.15) is 8.78 Å². The number of esters is 2. The first-order valence-electron chi connectivity index (χ1n) is 4.07. The van der Waals surface area contributed by atoms with Gasteiger partial charge in [-0.25, -0.2) is 4.79 Å². The highest BCUT2D eigenvalue weighted by Crippen LogP contribution is 2.19. The Morgan fingerprint density at radius 3 is 2.23 bits per heavy atom. The molecule has 0 heterocycles. The van der Waals surface area contributed by atoms with Crippen molar-refractivity contribution in [2.45, 2.75) is 39.0 Å². The van der Waals surface area contributed by atoms with Crippen LogP contribution in [0.1, 0.15) is 33.1 Å². The number of halogens is 2. The molecule has 0 radical (unpaired) electrons. The van der Waals surface area contributed by atoms with Gasteiger partial charge in [-0.1, -0.05) is 13.8 Å². The Morgan fingerprint density at radius 1 is 1.31 bits per heavy atom. The maximum atomic E-state index is 12.5. The summed E-state index contributed by atoms with van der Waals surface area (Å²) in [7, 11) is 0. The molecule has 0 saturated heterocycles. The van der Waals surface area contributed by atoms with E-state index in [4.69, 9.17) is 0 Å². The molecular formula is C8H12F2O3. The summed E-state index contributed by atoms with van der Waals surface area (Å²) in [6.45, 7) is 2.83. The van der Waals surface area contributed by atoms with Crippen LogP contribution in [0.5, 0.6) is 0 Å². The standard InChI is InChI=1S/C8H12F2O3/c1-3-5-6(11)13-7(12)8(9,10)4-2/h3-5H2,1-2H3. The largest absolute Gasteiger partial charge is 0.389 e. The monoisotopic (exact) mass is 194 g/mol. The van der Waals surface area contributed by atoms with Gasteiger partial charge in [0.05, 0.1) is 0 Å². The van der Waals surface area contributed by atoms with Gasteiger partial charge >= 0.3 is 17.9 Å². The fourth-order valence-corrected chi connectivity index (χ4v) is 0.578. The Bertz CT molecular complexity index is 202. The summed E-state index contributed by atoms with van der Waals surface area (Å²) < 4.78 is 29.0. The van der Waals surface area contributed by atoms with E-state index in [-0.39, 0.29) is 6.42 Å². The van der Waals surface area contributed by atoms with Crippen molar-refractivity contribution in [3.8, 4) is 0 Å². The van der Waals surface area contributed by atoms with Gasteiger partial charge in [0.1, 0.15) is 0 Å². The smallest absolute Gasteiger partial charge is 0.384 e. The predicted molar refractivity (Wildman–Crippen MR) is 41.2 cm³/mol. The zero-order valence-corrected chi connectivity index (χ0v) is 7.60. The van der Waals surface area contributed by atoms with Crippen molar-refractivity contribution in [1.82, 2.24) is 0 Å². The summed E-state index contributed by atoms with van der Waals surface area (Å²) in [5, 5.41) is 0. The van der Waals surface area contributed by atoms with Crippen molar-refractivity contribution in [2.75, 3.05) is 0 Å². The first kappa shape index (κ1) is 12.0. The van der Waals surface area contributed by atoms with Gasteiger partial charge in [0, 0.05) is 12.8 Å². The molecule has 0 aromatic heterocycles. The van der Waals surface area contributed by atoms with E-state index in [0.717, 1.165) is 6.92 Å². The molecule has 0 atom stereocenters. The van der Waals surface area contributed by atoms with Crippen LogP contribution in [-0.2, 0) is 14.3 Å². The van der Waals surface area contributed by atoms with Crippen molar-refractivity contribution in [3.05, 3.63) is 0 Å². The maximum Gasteiger partial charge on any atom is 0.384 e. The second-order valence-electron chi connectivity index (χ2n) is 2.57. The van der Waals surface area contributed by atoms with Gasteiger partial charge in [0.2, 0.25) is 0 Å². The third-order valence-corrected chi connectivity index (χ3v) is 1.40. The number of ether oxygens (including phenoxy) is 1. The Morgan fingerprint density at radius 2 is 1.85 bits per heavy atom. The number of hydrogen-bond acceptors (Lipinski definition) is 3. The number of carbonyl (C=O) groups excluding carboxylic acids is 2. The molecule has 0 unspecified atom stereocenters. The Hall–Kier alpha value is -1.00. The first-order valence-corrected chi connectivity index (χ1v) is 4.07. The van der Waals surface area contributed by atoms with Gasteiger partial charge < -0.3 is 4.74 Å². The van der Waals surface area contributed by atoms with Crippen LogP contribution in [0.15, 0.2) is 0 Å². The lowest BCUT2D eigenvalue weighted by Crippen LogP contribution is -2.31. The highest BCUT2D eigenvalue weighted by Gasteiger charge is 2.39. The van der Waals surface area contributed by atoms with E-state index in [0.29, 0.717) is 6.42 Å². The molecule has 0 spiro atoms. The van der Waals surface area contributed by atoms with Crippen molar-refractivity contribution in [1.29, 1.82) is 0 Å². The lowest BCUT2D eigenvalue weighted by atomic mass is 10.2. The molecule has 76 valence electrons. The summed E-state index contributed by atoms with van der Waals surface area (Å²) >= 11 is 0.